The summed E-state index contributed by atoms with van der Waals surface area (Å²) in [5.41, 5.74) is 0.997. The van der Waals surface area contributed by atoms with Gasteiger partial charge >= 0.3 is 6.03 Å². The number of imide groups is 2. The van der Waals surface area contributed by atoms with E-state index in [2.05, 4.69) is 10.6 Å². The number of halogens is 2. The molecule has 11 heteroatoms. The average Bonchev–Trinajstić information content (AvgIpc) is 2.89. The summed E-state index contributed by atoms with van der Waals surface area (Å²) >= 11 is 11.9. The van der Waals surface area contributed by atoms with E-state index in [0.717, 1.165) is 4.90 Å². The predicted octanol–water partition coefficient (Wildman–Crippen LogP) is 5.08. The third-order valence-electron chi connectivity index (χ3n) is 5.26. The number of nitrogens with one attached hydrogen (secondary N) is 2. The van der Waals surface area contributed by atoms with Crippen LogP contribution in [0.4, 0.5) is 16.2 Å². The molecule has 4 rings (SSSR count). The molecule has 1 fully saturated rings. The van der Waals surface area contributed by atoms with Gasteiger partial charge in [-0.3, -0.25) is 19.7 Å². The number of amides is 5. The van der Waals surface area contributed by atoms with Crippen molar-refractivity contribution in [3.05, 3.63) is 87.9 Å². The molecule has 0 aliphatic carbocycles. The van der Waals surface area contributed by atoms with Gasteiger partial charge in [0.2, 0.25) is 0 Å². The van der Waals surface area contributed by atoms with E-state index < -0.39 is 23.8 Å². The zero-order valence-electron chi connectivity index (χ0n) is 20.0. The van der Waals surface area contributed by atoms with Crippen molar-refractivity contribution < 1.29 is 28.7 Å². The minimum Gasteiger partial charge on any atom is -0.490 e. The third-order valence-corrected chi connectivity index (χ3v) is 6.00. The number of hydrogen-bond donors (Lipinski definition) is 2. The zero-order chi connectivity index (χ0) is 27.2. The number of urea groups is 1. The molecule has 0 atom stereocenters. The second-order valence-electron chi connectivity index (χ2n) is 7.90. The van der Waals surface area contributed by atoms with Crippen LogP contribution in [0.1, 0.15) is 12.5 Å². The first-order chi connectivity index (χ1) is 18.3. The third kappa shape index (κ3) is 6.13. The summed E-state index contributed by atoms with van der Waals surface area (Å²) in [6, 6.07) is 16.8. The number of nitrogens with zero attached hydrogens (tertiary/aromatic N) is 1. The van der Waals surface area contributed by atoms with Crippen LogP contribution in [0.5, 0.6) is 11.5 Å². The highest BCUT2D eigenvalue weighted by molar-refractivity contribution is 6.42. The average molecular weight is 554 g/mol. The zero-order valence-corrected chi connectivity index (χ0v) is 21.5. The second-order valence-corrected chi connectivity index (χ2v) is 8.71. The van der Waals surface area contributed by atoms with Crippen LogP contribution in [0.2, 0.25) is 10.0 Å². The van der Waals surface area contributed by atoms with Gasteiger partial charge in [-0.05, 0) is 61.0 Å². The Morgan fingerprint density at radius 3 is 2.42 bits per heavy atom. The molecule has 2 N–H and O–H groups in total. The van der Waals surface area contributed by atoms with Gasteiger partial charge in [0.25, 0.3) is 17.7 Å². The van der Waals surface area contributed by atoms with Gasteiger partial charge in [-0.1, -0.05) is 47.5 Å². The van der Waals surface area contributed by atoms with Crippen molar-refractivity contribution in [1.82, 2.24) is 5.32 Å². The molecule has 0 spiro atoms. The summed E-state index contributed by atoms with van der Waals surface area (Å²) in [5.74, 6) is -1.44. The molecule has 1 aliphatic heterocycles. The van der Waals surface area contributed by atoms with E-state index in [1.165, 1.54) is 12.1 Å². The molecule has 3 aromatic rings. The molecule has 0 saturated carbocycles. The number of hydrogen-bond acceptors (Lipinski definition) is 6. The van der Waals surface area contributed by atoms with E-state index >= 15 is 0 Å². The van der Waals surface area contributed by atoms with Gasteiger partial charge in [0.1, 0.15) is 5.57 Å². The van der Waals surface area contributed by atoms with Gasteiger partial charge in [-0.15, -0.1) is 0 Å². The molecule has 0 bridgehead atoms. The fourth-order valence-corrected chi connectivity index (χ4v) is 3.85. The van der Waals surface area contributed by atoms with Gasteiger partial charge < -0.3 is 14.8 Å². The van der Waals surface area contributed by atoms with Crippen molar-refractivity contribution in [2.45, 2.75) is 6.92 Å². The number of barbiturate groups is 1. The molecule has 194 valence electrons. The predicted molar refractivity (Wildman–Crippen MR) is 144 cm³/mol. The van der Waals surface area contributed by atoms with Gasteiger partial charge in [-0.25, -0.2) is 9.69 Å². The van der Waals surface area contributed by atoms with Crippen molar-refractivity contribution in [3.8, 4) is 11.5 Å². The maximum atomic E-state index is 13.1. The van der Waals surface area contributed by atoms with Gasteiger partial charge in [0.15, 0.2) is 18.1 Å². The standard InChI is InChI=1S/C27H21Cl2N3O6/c1-2-37-23-13-16(8-11-22(23)38-15-24(33)30-17-9-10-20(28)21(29)14-17)12-19-25(34)31-27(36)32(26(19)35)18-6-4-3-5-7-18/h3-14H,2,15H2,1H3,(H,30,33)(H,31,34,36)/b19-12-. The first kappa shape index (κ1) is 26.7. The van der Waals surface area contributed by atoms with Crippen LogP contribution in [0, 0.1) is 0 Å². The number of anilines is 2. The van der Waals surface area contributed by atoms with E-state index in [1.807, 2.05) is 0 Å². The molecule has 1 heterocycles. The smallest absolute Gasteiger partial charge is 0.335 e. The number of benzene rings is 3. The van der Waals surface area contributed by atoms with Crippen LogP contribution >= 0.6 is 23.2 Å². The Morgan fingerprint density at radius 1 is 0.947 bits per heavy atom. The molecular weight excluding hydrogens is 533 g/mol. The van der Waals surface area contributed by atoms with Crippen molar-refractivity contribution in [2.24, 2.45) is 0 Å². The van der Waals surface area contributed by atoms with E-state index in [4.69, 9.17) is 32.7 Å². The van der Waals surface area contributed by atoms with Crippen LogP contribution in [0.3, 0.4) is 0 Å². The number of carbonyl (C=O) groups is 4. The summed E-state index contributed by atoms with van der Waals surface area (Å²) in [5, 5.41) is 5.50. The lowest BCUT2D eigenvalue weighted by Crippen LogP contribution is -2.54. The lowest BCUT2D eigenvalue weighted by molar-refractivity contribution is -0.122. The molecule has 0 aromatic heterocycles. The van der Waals surface area contributed by atoms with Crippen molar-refractivity contribution in [2.75, 3.05) is 23.4 Å². The SMILES string of the molecule is CCOc1cc(/C=C2/C(=O)NC(=O)N(c3ccccc3)C2=O)ccc1OCC(=O)Nc1ccc(Cl)c(Cl)c1. The van der Waals surface area contributed by atoms with Crippen molar-refractivity contribution in [3.63, 3.8) is 0 Å². The lowest BCUT2D eigenvalue weighted by atomic mass is 10.1. The maximum absolute atomic E-state index is 13.1. The minimum absolute atomic E-state index is 0.231. The molecule has 1 aliphatic rings. The molecular formula is C27H21Cl2N3O6. The molecule has 5 amide bonds. The highest BCUT2D eigenvalue weighted by Crippen LogP contribution is 2.31. The largest absolute Gasteiger partial charge is 0.490 e. The van der Waals surface area contributed by atoms with Crippen LogP contribution in [0.25, 0.3) is 6.08 Å². The first-order valence-corrected chi connectivity index (χ1v) is 12.1. The number of para-hydroxylation sites is 1. The number of ether oxygens (including phenoxy) is 2. The molecule has 9 nitrogen and oxygen atoms in total. The Balaban J connectivity index is 1.52. The van der Waals surface area contributed by atoms with Crippen LogP contribution < -0.4 is 25.0 Å². The molecule has 0 unspecified atom stereocenters. The molecule has 3 aromatic carbocycles. The number of rotatable bonds is 8. The Kier molecular flexibility index (Phi) is 8.30. The topological polar surface area (TPSA) is 114 Å². The lowest BCUT2D eigenvalue weighted by Gasteiger charge is -2.26. The van der Waals surface area contributed by atoms with Gasteiger partial charge in [0, 0.05) is 5.69 Å². The Labute approximate surface area is 227 Å². The van der Waals surface area contributed by atoms with E-state index in [1.54, 1.807) is 67.6 Å². The van der Waals surface area contributed by atoms with Crippen LogP contribution in [-0.4, -0.2) is 37.0 Å². The monoisotopic (exact) mass is 553 g/mol. The molecule has 0 radical (unpaired) electrons. The normalized spacial score (nSPS) is 14.3. The summed E-state index contributed by atoms with van der Waals surface area (Å²) in [6.07, 6.45) is 1.35. The highest BCUT2D eigenvalue weighted by atomic mass is 35.5. The fraction of sp³-hybridized carbons (Fsp3) is 0.111. The highest BCUT2D eigenvalue weighted by Gasteiger charge is 2.36. The Bertz CT molecular complexity index is 1440. The van der Waals surface area contributed by atoms with Gasteiger partial charge in [-0.2, -0.15) is 0 Å². The Morgan fingerprint density at radius 2 is 1.71 bits per heavy atom. The summed E-state index contributed by atoms with van der Waals surface area (Å²) in [7, 11) is 0. The molecule has 38 heavy (non-hydrogen) atoms. The van der Waals surface area contributed by atoms with Gasteiger partial charge in [0.05, 0.1) is 22.3 Å². The summed E-state index contributed by atoms with van der Waals surface area (Å²) < 4.78 is 11.3. The second kappa shape index (κ2) is 11.8. The number of carbonyl (C=O) groups excluding carboxylic acids is 4. The minimum atomic E-state index is -0.832. The quantitative estimate of drug-likeness (QED) is 0.297. The first-order valence-electron chi connectivity index (χ1n) is 11.4. The molecule has 1 saturated heterocycles. The summed E-state index contributed by atoms with van der Waals surface area (Å²) in [6.45, 7) is 1.74. The fourth-order valence-electron chi connectivity index (χ4n) is 3.55. The van der Waals surface area contributed by atoms with E-state index in [9.17, 15) is 19.2 Å². The summed E-state index contributed by atoms with van der Waals surface area (Å²) in [4.78, 5) is 51.1. The van der Waals surface area contributed by atoms with Crippen LogP contribution in [0.15, 0.2) is 72.3 Å². The van der Waals surface area contributed by atoms with Crippen LogP contribution in [-0.2, 0) is 14.4 Å². The van der Waals surface area contributed by atoms with E-state index in [0.29, 0.717) is 39.3 Å². The van der Waals surface area contributed by atoms with Crippen molar-refractivity contribution >= 4 is 64.4 Å². The Hall–Kier alpha value is -4.34. The van der Waals surface area contributed by atoms with E-state index in [-0.39, 0.29) is 17.9 Å². The van der Waals surface area contributed by atoms with Crippen molar-refractivity contribution in [1.29, 1.82) is 0 Å². The maximum Gasteiger partial charge on any atom is 0.335 e.